The summed E-state index contributed by atoms with van der Waals surface area (Å²) >= 11 is 0. The standard InChI is InChI=1S/C24H34F3N5O4S/c25-24(26,27)8-1-9-31-19-6-7-20(31)14-30(13-19)37(34,35)32-17-4-5-18(32)11-16(10-17)28-23(33)21-12-22(36-29-21)15-2-3-15/h12,15-20H,1-11,13-14H2,(H,28,33)/t16?,17-,18+,19?,20?. The number of aromatic nitrogens is 1. The number of hydrogen-bond donors (Lipinski definition) is 1. The van der Waals surface area contributed by atoms with Crippen molar-refractivity contribution in [2.45, 2.75) is 107 Å². The van der Waals surface area contributed by atoms with Crippen molar-refractivity contribution in [2.24, 2.45) is 0 Å². The first-order chi connectivity index (χ1) is 17.6. The van der Waals surface area contributed by atoms with Crippen LogP contribution in [0, 0.1) is 0 Å². The highest BCUT2D eigenvalue weighted by molar-refractivity contribution is 7.86. The summed E-state index contributed by atoms with van der Waals surface area (Å²) in [6.45, 7) is 1.01. The molecule has 1 N–H and O–H groups in total. The summed E-state index contributed by atoms with van der Waals surface area (Å²) in [6.07, 6.45) is 1.44. The molecule has 5 aliphatic rings. The SMILES string of the molecule is O=C(NC1C[C@H]2CC[C@@H](C1)N2S(=O)(=O)N1CC2CCC(C1)N2CCCC(F)(F)F)c1cc(C2CC2)on1. The van der Waals surface area contributed by atoms with Crippen LogP contribution in [0.2, 0.25) is 0 Å². The number of rotatable bonds is 8. The molecule has 1 saturated carbocycles. The van der Waals surface area contributed by atoms with E-state index in [1.807, 2.05) is 0 Å². The van der Waals surface area contributed by atoms with Crippen molar-refractivity contribution in [1.82, 2.24) is 24.0 Å². The van der Waals surface area contributed by atoms with Gasteiger partial charge in [0.2, 0.25) is 0 Å². The number of hydrogen-bond acceptors (Lipinski definition) is 6. The van der Waals surface area contributed by atoms with Gasteiger partial charge in [-0.25, -0.2) is 0 Å². The minimum atomic E-state index is -4.16. The zero-order valence-electron chi connectivity index (χ0n) is 20.7. The molecule has 5 fully saturated rings. The minimum Gasteiger partial charge on any atom is -0.360 e. The van der Waals surface area contributed by atoms with Crippen LogP contribution in [0.15, 0.2) is 10.6 Å². The molecule has 5 atom stereocenters. The van der Waals surface area contributed by atoms with Gasteiger partial charge in [-0.3, -0.25) is 9.69 Å². The van der Waals surface area contributed by atoms with Crippen molar-refractivity contribution in [3.05, 3.63) is 17.5 Å². The maximum absolute atomic E-state index is 13.8. The number of piperidine rings is 1. The molecule has 4 aliphatic heterocycles. The van der Waals surface area contributed by atoms with Crippen molar-refractivity contribution in [1.29, 1.82) is 0 Å². The Morgan fingerprint density at radius 3 is 2.24 bits per heavy atom. The largest absolute Gasteiger partial charge is 0.389 e. The fraction of sp³-hybridized carbons (Fsp3) is 0.833. The van der Waals surface area contributed by atoms with Crippen LogP contribution in [0.3, 0.4) is 0 Å². The van der Waals surface area contributed by atoms with Gasteiger partial charge in [0.05, 0.1) is 0 Å². The molecule has 5 heterocycles. The number of amides is 1. The number of carbonyl (C=O) groups excluding carboxylic acids is 1. The van der Waals surface area contributed by atoms with E-state index in [-0.39, 0.29) is 48.2 Å². The second-order valence-electron chi connectivity index (χ2n) is 11.4. The Kier molecular flexibility index (Phi) is 6.56. The first-order valence-electron chi connectivity index (χ1n) is 13.5. The Balaban J connectivity index is 1.06. The van der Waals surface area contributed by atoms with Crippen molar-refractivity contribution in [2.75, 3.05) is 19.6 Å². The lowest BCUT2D eigenvalue weighted by atomic mass is 9.99. The molecule has 1 aromatic heterocycles. The van der Waals surface area contributed by atoms with E-state index in [4.69, 9.17) is 4.52 Å². The molecule has 37 heavy (non-hydrogen) atoms. The first kappa shape index (κ1) is 25.6. The third-order valence-corrected chi connectivity index (χ3v) is 10.9. The highest BCUT2D eigenvalue weighted by Crippen LogP contribution is 2.42. The zero-order chi connectivity index (χ0) is 25.9. The Hall–Kier alpha value is -1.70. The van der Waals surface area contributed by atoms with Crippen LogP contribution in [0.5, 0.6) is 0 Å². The van der Waals surface area contributed by atoms with Gasteiger partial charge < -0.3 is 9.84 Å². The topological polar surface area (TPSA) is 99.0 Å². The average Bonchev–Trinajstić information content (AvgIpc) is 3.42. The number of nitrogens with one attached hydrogen (secondary N) is 1. The summed E-state index contributed by atoms with van der Waals surface area (Å²) in [4.78, 5) is 14.8. The Bertz CT molecular complexity index is 1100. The van der Waals surface area contributed by atoms with Crippen LogP contribution in [0.1, 0.15) is 86.4 Å². The molecule has 0 radical (unpaired) electrons. The van der Waals surface area contributed by atoms with Gasteiger partial charge in [-0.2, -0.15) is 30.2 Å². The molecule has 4 bridgehead atoms. The maximum Gasteiger partial charge on any atom is 0.389 e. The molecular formula is C24H34F3N5O4S. The highest BCUT2D eigenvalue weighted by atomic mass is 32.2. The number of piperazine rings is 1. The van der Waals surface area contributed by atoms with E-state index in [1.54, 1.807) is 14.7 Å². The summed E-state index contributed by atoms with van der Waals surface area (Å²) < 4.78 is 73.8. The molecule has 0 spiro atoms. The molecule has 13 heteroatoms. The number of carbonyl (C=O) groups is 1. The van der Waals surface area contributed by atoms with Crippen LogP contribution in [0.25, 0.3) is 0 Å². The molecule has 6 rings (SSSR count). The molecular weight excluding hydrogens is 511 g/mol. The zero-order valence-corrected chi connectivity index (χ0v) is 21.5. The van der Waals surface area contributed by atoms with Gasteiger partial charge in [0.1, 0.15) is 5.76 Å². The van der Waals surface area contributed by atoms with Gasteiger partial charge in [0.15, 0.2) is 5.69 Å². The lowest BCUT2D eigenvalue weighted by Gasteiger charge is -2.45. The average molecular weight is 546 g/mol. The predicted octanol–water partition coefficient (Wildman–Crippen LogP) is 3.01. The Morgan fingerprint density at radius 1 is 1.03 bits per heavy atom. The van der Waals surface area contributed by atoms with Crippen molar-refractivity contribution < 1.29 is 30.9 Å². The van der Waals surface area contributed by atoms with E-state index >= 15 is 0 Å². The number of fused-ring (bicyclic) bond motifs is 4. The summed E-state index contributed by atoms with van der Waals surface area (Å²) in [5, 5.41) is 6.95. The fourth-order valence-corrected chi connectivity index (χ4v) is 9.07. The molecule has 206 valence electrons. The van der Waals surface area contributed by atoms with Gasteiger partial charge in [-0.1, -0.05) is 5.16 Å². The number of alkyl halides is 3. The first-order valence-corrected chi connectivity index (χ1v) is 14.9. The van der Waals surface area contributed by atoms with Gasteiger partial charge >= 0.3 is 6.18 Å². The van der Waals surface area contributed by atoms with Gasteiger partial charge in [0, 0.05) is 61.7 Å². The molecule has 1 amide bonds. The van der Waals surface area contributed by atoms with Crippen molar-refractivity contribution in [3.63, 3.8) is 0 Å². The third kappa shape index (κ3) is 5.16. The summed E-state index contributed by atoms with van der Waals surface area (Å²) in [5.74, 6) is 0.838. The monoisotopic (exact) mass is 545 g/mol. The third-order valence-electron chi connectivity index (χ3n) is 8.81. The van der Waals surface area contributed by atoms with Crippen LogP contribution in [-0.2, 0) is 10.2 Å². The van der Waals surface area contributed by atoms with E-state index in [0.717, 1.165) is 44.3 Å². The second kappa shape index (κ2) is 9.49. The Morgan fingerprint density at radius 2 is 1.65 bits per heavy atom. The predicted molar refractivity (Wildman–Crippen MR) is 127 cm³/mol. The van der Waals surface area contributed by atoms with Gasteiger partial charge in [-0.15, -0.1) is 0 Å². The number of halogens is 3. The van der Waals surface area contributed by atoms with Crippen LogP contribution < -0.4 is 5.32 Å². The second-order valence-corrected chi connectivity index (χ2v) is 13.2. The van der Waals surface area contributed by atoms with Crippen LogP contribution in [0.4, 0.5) is 13.2 Å². The molecule has 1 aliphatic carbocycles. The van der Waals surface area contributed by atoms with E-state index < -0.39 is 22.8 Å². The van der Waals surface area contributed by atoms with Crippen molar-refractivity contribution in [3.8, 4) is 0 Å². The molecule has 9 nitrogen and oxygen atoms in total. The Labute approximate surface area is 214 Å². The molecule has 0 aromatic carbocycles. The summed E-state index contributed by atoms with van der Waals surface area (Å²) in [7, 11) is -3.70. The maximum atomic E-state index is 13.8. The summed E-state index contributed by atoms with van der Waals surface area (Å²) in [6, 6.07) is 1.18. The lowest BCUT2D eigenvalue weighted by Crippen LogP contribution is -2.61. The minimum absolute atomic E-state index is 0.0285. The molecule has 4 saturated heterocycles. The van der Waals surface area contributed by atoms with Crippen molar-refractivity contribution >= 4 is 16.1 Å². The lowest BCUT2D eigenvalue weighted by molar-refractivity contribution is -0.136. The molecule has 1 aromatic rings. The normalized spacial score (nSPS) is 33.2. The smallest absolute Gasteiger partial charge is 0.360 e. The van der Waals surface area contributed by atoms with E-state index in [0.29, 0.717) is 38.4 Å². The van der Waals surface area contributed by atoms with E-state index in [9.17, 15) is 26.4 Å². The highest BCUT2D eigenvalue weighted by Gasteiger charge is 2.52. The summed E-state index contributed by atoms with van der Waals surface area (Å²) in [5.41, 5.74) is 0.271. The van der Waals surface area contributed by atoms with Crippen LogP contribution >= 0.6 is 0 Å². The fourth-order valence-electron chi connectivity index (χ4n) is 6.94. The van der Waals surface area contributed by atoms with Gasteiger partial charge in [0.25, 0.3) is 16.1 Å². The van der Waals surface area contributed by atoms with E-state index in [2.05, 4.69) is 15.4 Å². The van der Waals surface area contributed by atoms with Gasteiger partial charge in [-0.05, 0) is 64.3 Å². The number of nitrogens with zero attached hydrogens (tertiary/aromatic N) is 4. The molecule has 3 unspecified atom stereocenters. The van der Waals surface area contributed by atoms with E-state index in [1.165, 1.54) is 0 Å². The van der Waals surface area contributed by atoms with Crippen LogP contribution in [-0.4, -0.2) is 89.0 Å². The quantitative estimate of drug-likeness (QED) is 0.539.